The summed E-state index contributed by atoms with van der Waals surface area (Å²) >= 11 is 0. The van der Waals surface area contributed by atoms with Crippen LogP contribution in [0.4, 0.5) is 4.53 Å². The van der Waals surface area contributed by atoms with Crippen molar-refractivity contribution in [3.05, 3.63) is 0 Å². The molecule has 0 N–H and O–H groups in total. The smallest absolute Gasteiger partial charge is 0.255 e. The first kappa shape index (κ1) is 11.7. The summed E-state index contributed by atoms with van der Waals surface area (Å²) in [5.74, 6) is -0.789. The zero-order valence-electron chi connectivity index (χ0n) is 6.06. The van der Waals surface area contributed by atoms with Gasteiger partial charge in [-0.25, -0.2) is 4.79 Å². The Morgan fingerprint density at radius 2 is 2.20 bits per heavy atom. The summed E-state index contributed by atoms with van der Waals surface area (Å²) in [6.07, 6.45) is 0.791. The maximum Gasteiger partial charge on any atom is 0.348 e. The van der Waals surface area contributed by atoms with Gasteiger partial charge in [0.2, 0.25) is 0 Å². The molecule has 0 radical (unpaired) electrons. The SMILES string of the molecule is CC#N.CCCC(=O)OF. The minimum absolute atomic E-state index is 0.163. The second-order valence-corrected chi connectivity index (χ2v) is 1.42. The van der Waals surface area contributed by atoms with Gasteiger partial charge in [0.15, 0.2) is 0 Å². The summed E-state index contributed by atoms with van der Waals surface area (Å²) in [6, 6.07) is 1.75. The molecule has 0 saturated heterocycles. The normalized spacial score (nSPS) is 6.60. The molecule has 0 aromatic heterocycles. The predicted molar refractivity (Wildman–Crippen MR) is 33.4 cm³/mol. The molecule has 10 heavy (non-hydrogen) atoms. The van der Waals surface area contributed by atoms with Crippen molar-refractivity contribution in [2.24, 2.45) is 0 Å². The molecule has 0 spiro atoms. The van der Waals surface area contributed by atoms with E-state index in [1.165, 1.54) is 6.92 Å². The number of hydrogen-bond donors (Lipinski definition) is 0. The van der Waals surface area contributed by atoms with Gasteiger partial charge in [-0.15, -0.1) is 0 Å². The van der Waals surface area contributed by atoms with Crippen molar-refractivity contribution < 1.29 is 14.3 Å². The molecule has 0 heterocycles. The minimum atomic E-state index is -0.789. The average molecular weight is 147 g/mol. The first-order chi connectivity index (χ1) is 4.72. The van der Waals surface area contributed by atoms with Crippen LogP contribution in [0.1, 0.15) is 26.7 Å². The van der Waals surface area contributed by atoms with E-state index in [0.717, 1.165) is 0 Å². The van der Waals surface area contributed by atoms with E-state index >= 15 is 0 Å². The number of carbonyl (C=O) groups is 1. The van der Waals surface area contributed by atoms with Gasteiger partial charge in [-0.05, 0) is 6.42 Å². The topological polar surface area (TPSA) is 50.1 Å². The van der Waals surface area contributed by atoms with Crippen molar-refractivity contribution >= 4 is 5.97 Å². The number of carbonyl (C=O) groups excluding carboxylic acids is 1. The van der Waals surface area contributed by atoms with Crippen LogP contribution in [-0.2, 0) is 9.74 Å². The first-order valence-corrected chi connectivity index (χ1v) is 2.85. The first-order valence-electron chi connectivity index (χ1n) is 2.85. The Kier molecular flexibility index (Phi) is 12.6. The van der Waals surface area contributed by atoms with E-state index in [4.69, 9.17) is 5.26 Å². The van der Waals surface area contributed by atoms with Gasteiger partial charge in [-0.3, -0.25) is 4.94 Å². The number of hydrogen-bond acceptors (Lipinski definition) is 3. The summed E-state index contributed by atoms with van der Waals surface area (Å²) in [5, 5.41) is 7.32. The summed E-state index contributed by atoms with van der Waals surface area (Å²) < 4.78 is 10.7. The largest absolute Gasteiger partial charge is 0.348 e. The van der Waals surface area contributed by atoms with Crippen LogP contribution in [0.25, 0.3) is 0 Å². The van der Waals surface area contributed by atoms with E-state index in [1.54, 1.807) is 13.0 Å². The van der Waals surface area contributed by atoms with Gasteiger partial charge in [-0.1, -0.05) is 6.92 Å². The quantitative estimate of drug-likeness (QED) is 0.597. The molecule has 0 aromatic carbocycles. The molecule has 3 nitrogen and oxygen atoms in total. The summed E-state index contributed by atoms with van der Waals surface area (Å²) in [5.41, 5.74) is 0. The highest BCUT2D eigenvalue weighted by Gasteiger charge is 1.96. The lowest BCUT2D eigenvalue weighted by atomic mass is 10.4. The van der Waals surface area contributed by atoms with Crippen LogP contribution in [0, 0.1) is 11.3 Å². The second kappa shape index (κ2) is 10.8. The van der Waals surface area contributed by atoms with Gasteiger partial charge in [0.05, 0.1) is 6.07 Å². The molecule has 0 amide bonds. The van der Waals surface area contributed by atoms with Crippen molar-refractivity contribution in [1.29, 1.82) is 5.26 Å². The second-order valence-electron chi connectivity index (χ2n) is 1.42. The average Bonchev–Trinajstić information content (AvgIpc) is 1.90. The van der Waals surface area contributed by atoms with Crippen molar-refractivity contribution in [1.82, 2.24) is 0 Å². The summed E-state index contributed by atoms with van der Waals surface area (Å²) in [4.78, 5) is 12.7. The lowest BCUT2D eigenvalue weighted by Gasteiger charge is -1.84. The molecule has 58 valence electrons. The molecule has 0 bridgehead atoms. The van der Waals surface area contributed by atoms with E-state index in [9.17, 15) is 9.32 Å². The number of halogens is 1. The molecule has 0 fully saturated rings. The highest BCUT2D eigenvalue weighted by atomic mass is 19.3. The third-order valence-corrected chi connectivity index (χ3v) is 0.540. The molecular formula is C6H10FNO2. The van der Waals surface area contributed by atoms with Crippen molar-refractivity contribution in [2.45, 2.75) is 26.7 Å². The third-order valence-electron chi connectivity index (χ3n) is 0.540. The van der Waals surface area contributed by atoms with E-state index in [0.29, 0.717) is 6.42 Å². The standard InChI is InChI=1S/C4H7FO2.C2H3N/c1-2-3-4(6)7-5;1-2-3/h2-3H2,1H3;1H3. The van der Waals surface area contributed by atoms with Crippen LogP contribution in [-0.4, -0.2) is 5.97 Å². The Morgan fingerprint density at radius 1 is 1.80 bits per heavy atom. The van der Waals surface area contributed by atoms with Crippen molar-refractivity contribution in [2.75, 3.05) is 0 Å². The van der Waals surface area contributed by atoms with Crippen LogP contribution in [0.3, 0.4) is 0 Å². The van der Waals surface area contributed by atoms with Crippen molar-refractivity contribution in [3.8, 4) is 6.07 Å². The zero-order valence-corrected chi connectivity index (χ0v) is 6.06. The van der Waals surface area contributed by atoms with Gasteiger partial charge >= 0.3 is 5.97 Å². The fraction of sp³-hybridized carbons (Fsp3) is 0.667. The van der Waals surface area contributed by atoms with Crippen LogP contribution in [0.5, 0.6) is 0 Å². The van der Waals surface area contributed by atoms with Gasteiger partial charge in [-0.2, -0.15) is 5.26 Å². The summed E-state index contributed by atoms with van der Waals surface area (Å²) in [6.45, 7) is 3.21. The van der Waals surface area contributed by atoms with Gasteiger partial charge < -0.3 is 0 Å². The molecule has 0 aliphatic rings. The Bertz CT molecular complexity index is 119. The molecule has 0 saturated carbocycles. The molecule has 0 atom stereocenters. The van der Waals surface area contributed by atoms with Crippen LogP contribution in [0.15, 0.2) is 0 Å². The lowest BCUT2D eigenvalue weighted by Crippen LogP contribution is -1.94. The molecule has 0 aliphatic heterocycles. The predicted octanol–water partition coefficient (Wildman–Crippen LogP) is 1.74. The highest BCUT2D eigenvalue weighted by Crippen LogP contribution is 1.89. The highest BCUT2D eigenvalue weighted by molar-refractivity contribution is 5.68. The number of nitrogens with zero attached hydrogens (tertiary/aromatic N) is 1. The maximum atomic E-state index is 10.7. The Morgan fingerprint density at radius 3 is 2.30 bits per heavy atom. The Labute approximate surface area is 59.3 Å². The molecular weight excluding hydrogens is 137 g/mol. The van der Waals surface area contributed by atoms with Gasteiger partial charge in [0, 0.05) is 17.9 Å². The van der Waals surface area contributed by atoms with Crippen LogP contribution >= 0.6 is 0 Å². The van der Waals surface area contributed by atoms with Crippen LogP contribution < -0.4 is 0 Å². The monoisotopic (exact) mass is 147 g/mol. The lowest BCUT2D eigenvalue weighted by molar-refractivity contribution is -0.183. The van der Waals surface area contributed by atoms with E-state index < -0.39 is 5.97 Å². The van der Waals surface area contributed by atoms with Crippen LogP contribution in [0.2, 0.25) is 0 Å². The molecule has 0 aliphatic carbocycles. The number of rotatable bonds is 2. The van der Waals surface area contributed by atoms with Gasteiger partial charge in [0.1, 0.15) is 0 Å². The molecule has 4 heteroatoms. The van der Waals surface area contributed by atoms with E-state index in [2.05, 4.69) is 4.94 Å². The molecule has 0 unspecified atom stereocenters. The summed E-state index contributed by atoms with van der Waals surface area (Å²) in [7, 11) is 0. The minimum Gasteiger partial charge on any atom is -0.255 e. The molecule has 0 aromatic rings. The number of nitriles is 1. The Hall–Kier alpha value is -1.11. The van der Waals surface area contributed by atoms with E-state index in [1.807, 2.05) is 0 Å². The fourth-order valence-corrected chi connectivity index (χ4v) is 0.243. The Balaban J connectivity index is 0. The molecule has 0 rings (SSSR count). The maximum absolute atomic E-state index is 10.7. The third kappa shape index (κ3) is 15.8. The fourth-order valence-electron chi connectivity index (χ4n) is 0.243. The zero-order chi connectivity index (χ0) is 8.41. The van der Waals surface area contributed by atoms with Crippen molar-refractivity contribution in [3.63, 3.8) is 0 Å². The van der Waals surface area contributed by atoms with Gasteiger partial charge in [0.25, 0.3) is 0 Å². The van der Waals surface area contributed by atoms with E-state index in [-0.39, 0.29) is 6.42 Å².